The van der Waals surface area contributed by atoms with Gasteiger partial charge in [0.2, 0.25) is 5.91 Å². The van der Waals surface area contributed by atoms with E-state index in [9.17, 15) is 14.4 Å². The van der Waals surface area contributed by atoms with Gasteiger partial charge < -0.3 is 15.0 Å². The lowest BCUT2D eigenvalue weighted by molar-refractivity contribution is -0.131. The van der Waals surface area contributed by atoms with Gasteiger partial charge in [-0.2, -0.15) is 0 Å². The van der Waals surface area contributed by atoms with E-state index in [0.717, 1.165) is 21.5 Å². The van der Waals surface area contributed by atoms with Crippen molar-refractivity contribution in [2.75, 3.05) is 13.1 Å². The van der Waals surface area contributed by atoms with Crippen molar-refractivity contribution in [3.05, 3.63) is 71.4 Å². The molecular formula is C31H38N4O5S. The van der Waals surface area contributed by atoms with Crippen LogP contribution in [-0.2, 0) is 9.53 Å². The van der Waals surface area contributed by atoms with E-state index >= 15 is 0 Å². The molecule has 1 saturated heterocycles. The van der Waals surface area contributed by atoms with Gasteiger partial charge in [0.1, 0.15) is 5.60 Å². The van der Waals surface area contributed by atoms with Crippen LogP contribution in [0.2, 0.25) is 0 Å². The van der Waals surface area contributed by atoms with Gasteiger partial charge in [-0.05, 0) is 89.4 Å². The molecule has 218 valence electrons. The molecule has 1 atom stereocenters. The van der Waals surface area contributed by atoms with E-state index in [-0.39, 0.29) is 17.6 Å². The average Bonchev–Trinajstić information content (AvgIpc) is 2.92. The minimum absolute atomic E-state index is 0.109. The van der Waals surface area contributed by atoms with E-state index in [2.05, 4.69) is 29.4 Å². The van der Waals surface area contributed by atoms with Crippen molar-refractivity contribution in [2.24, 2.45) is 0 Å². The van der Waals surface area contributed by atoms with Crippen LogP contribution in [0, 0.1) is 6.92 Å². The molecule has 9 nitrogen and oxygen atoms in total. The fourth-order valence-corrected chi connectivity index (χ4v) is 6.10. The minimum atomic E-state index is -0.912. The van der Waals surface area contributed by atoms with Gasteiger partial charge in [0.25, 0.3) is 5.91 Å². The van der Waals surface area contributed by atoms with Gasteiger partial charge >= 0.3 is 6.09 Å². The summed E-state index contributed by atoms with van der Waals surface area (Å²) in [5, 5.41) is 13.5. The average molecular weight is 579 g/mol. The number of hydroxylamine groups is 1. The molecule has 10 heteroatoms. The fourth-order valence-electron chi connectivity index (χ4n) is 5.08. The summed E-state index contributed by atoms with van der Waals surface area (Å²) in [7, 11) is 0. The second-order valence-electron chi connectivity index (χ2n) is 11.6. The molecule has 0 bridgehead atoms. The molecule has 1 unspecified atom stereocenters. The molecule has 3 aromatic rings. The van der Waals surface area contributed by atoms with Crippen molar-refractivity contribution in [3.8, 4) is 0 Å². The maximum atomic E-state index is 13.3. The topological polar surface area (TPSA) is 121 Å². The third-order valence-corrected chi connectivity index (χ3v) is 8.27. The number of benzene rings is 2. The smallest absolute Gasteiger partial charge is 0.410 e. The monoisotopic (exact) mass is 578 g/mol. The number of piperidine rings is 1. The van der Waals surface area contributed by atoms with Crippen LogP contribution in [0.1, 0.15) is 73.8 Å². The van der Waals surface area contributed by atoms with Gasteiger partial charge in [-0.3, -0.25) is 19.8 Å². The van der Waals surface area contributed by atoms with E-state index < -0.39 is 23.1 Å². The zero-order chi connectivity index (χ0) is 29.8. The third-order valence-electron chi connectivity index (χ3n) is 7.12. The Morgan fingerprint density at radius 1 is 1.10 bits per heavy atom. The maximum Gasteiger partial charge on any atom is 0.410 e. The van der Waals surface area contributed by atoms with Crippen LogP contribution in [0.15, 0.2) is 59.5 Å². The summed E-state index contributed by atoms with van der Waals surface area (Å²) in [6.45, 7) is 10.2. The Balaban J connectivity index is 1.44. The molecule has 4 rings (SSSR count). The summed E-state index contributed by atoms with van der Waals surface area (Å²) in [6.07, 6.45) is 0.148. The van der Waals surface area contributed by atoms with Crippen molar-refractivity contribution in [1.82, 2.24) is 20.7 Å². The zero-order valence-electron chi connectivity index (χ0n) is 24.2. The van der Waals surface area contributed by atoms with Crippen molar-refractivity contribution in [1.29, 1.82) is 0 Å². The number of nitrogens with one attached hydrogen (secondary N) is 2. The van der Waals surface area contributed by atoms with Gasteiger partial charge in [-0.1, -0.05) is 18.2 Å². The van der Waals surface area contributed by atoms with Crippen LogP contribution < -0.4 is 10.8 Å². The first-order valence-electron chi connectivity index (χ1n) is 13.7. The fraction of sp³-hybridized carbons (Fsp3) is 0.419. The van der Waals surface area contributed by atoms with Crippen molar-refractivity contribution < 1.29 is 24.3 Å². The Morgan fingerprint density at radius 3 is 2.39 bits per heavy atom. The van der Waals surface area contributed by atoms with E-state index in [4.69, 9.17) is 9.94 Å². The predicted molar refractivity (Wildman–Crippen MR) is 159 cm³/mol. The summed E-state index contributed by atoms with van der Waals surface area (Å²) < 4.78 is 5.47. The Morgan fingerprint density at radius 2 is 1.76 bits per heavy atom. The molecule has 41 heavy (non-hydrogen) atoms. The van der Waals surface area contributed by atoms with Gasteiger partial charge in [-0.25, -0.2) is 10.3 Å². The SMILES string of the molecule is Cc1cc(C(C)Sc2ccc(C(=O)NC3(CC(=O)NO)CCN(C(=O)OC(C)(C)C)CC3)cc2)c2ccccc2n1. The van der Waals surface area contributed by atoms with Crippen LogP contribution in [0.4, 0.5) is 4.79 Å². The standard InChI is InChI=1S/C31H38N4O5S/c1-20-18-25(24-8-6-7-9-26(24)32-20)21(2)41-23-12-10-22(11-13-23)28(37)33-31(19-27(36)34-39)14-16-35(17-15-31)29(38)40-30(3,4)5/h6-13,18,21,39H,14-17,19H2,1-5H3,(H,33,37)(H,34,36). The number of nitrogens with zero attached hydrogens (tertiary/aromatic N) is 2. The van der Waals surface area contributed by atoms with Gasteiger partial charge in [0.05, 0.1) is 17.5 Å². The number of rotatable bonds is 7. The van der Waals surface area contributed by atoms with E-state index in [1.807, 2.05) is 37.3 Å². The zero-order valence-corrected chi connectivity index (χ0v) is 25.0. The highest BCUT2D eigenvalue weighted by Gasteiger charge is 2.40. The first-order valence-corrected chi connectivity index (χ1v) is 14.6. The van der Waals surface area contributed by atoms with Crippen LogP contribution in [-0.4, -0.2) is 57.2 Å². The lowest BCUT2D eigenvalue weighted by atomic mass is 9.83. The predicted octanol–water partition coefficient (Wildman–Crippen LogP) is 5.79. The summed E-state index contributed by atoms with van der Waals surface area (Å²) in [6, 6.07) is 17.6. The third kappa shape index (κ3) is 7.77. The molecule has 2 aromatic carbocycles. The Kier molecular flexibility index (Phi) is 9.24. The molecule has 1 fully saturated rings. The number of fused-ring (bicyclic) bond motifs is 1. The molecular weight excluding hydrogens is 540 g/mol. The number of hydrogen-bond donors (Lipinski definition) is 3. The Labute approximate surface area is 245 Å². The second kappa shape index (κ2) is 12.5. The van der Waals surface area contributed by atoms with Crippen LogP contribution in [0.3, 0.4) is 0 Å². The first kappa shape index (κ1) is 30.3. The number of aromatic nitrogens is 1. The largest absolute Gasteiger partial charge is 0.444 e. The molecule has 2 heterocycles. The number of para-hydroxylation sites is 1. The lowest BCUT2D eigenvalue weighted by Crippen LogP contribution is -2.58. The number of aryl methyl sites for hydroxylation is 1. The number of thioether (sulfide) groups is 1. The first-order chi connectivity index (χ1) is 19.4. The number of hydrogen-bond acceptors (Lipinski definition) is 7. The van der Waals surface area contributed by atoms with Gasteiger partial charge in [0, 0.05) is 39.9 Å². The van der Waals surface area contributed by atoms with E-state index in [0.29, 0.717) is 31.5 Å². The number of likely N-dealkylation sites (tertiary alicyclic amines) is 1. The second-order valence-corrected chi connectivity index (χ2v) is 13.0. The Hall–Kier alpha value is -3.63. The molecule has 0 aliphatic carbocycles. The maximum absolute atomic E-state index is 13.3. The summed E-state index contributed by atoms with van der Waals surface area (Å²) in [4.78, 5) is 45.2. The summed E-state index contributed by atoms with van der Waals surface area (Å²) in [5.74, 6) is -0.919. The highest BCUT2D eigenvalue weighted by atomic mass is 32.2. The number of pyridine rings is 1. The van der Waals surface area contributed by atoms with Crippen molar-refractivity contribution in [3.63, 3.8) is 0 Å². The van der Waals surface area contributed by atoms with E-state index in [1.165, 1.54) is 5.56 Å². The summed E-state index contributed by atoms with van der Waals surface area (Å²) >= 11 is 1.70. The number of carbonyl (C=O) groups excluding carboxylic acids is 3. The van der Waals surface area contributed by atoms with Gasteiger partial charge in [0.15, 0.2) is 0 Å². The molecule has 1 aliphatic heterocycles. The quantitative estimate of drug-likeness (QED) is 0.184. The van der Waals surface area contributed by atoms with Crippen LogP contribution >= 0.6 is 11.8 Å². The van der Waals surface area contributed by atoms with Crippen LogP contribution in [0.5, 0.6) is 0 Å². The number of ether oxygens (including phenoxy) is 1. The molecule has 1 aliphatic rings. The van der Waals surface area contributed by atoms with E-state index in [1.54, 1.807) is 55.0 Å². The lowest BCUT2D eigenvalue weighted by Gasteiger charge is -2.42. The number of carbonyl (C=O) groups is 3. The highest BCUT2D eigenvalue weighted by molar-refractivity contribution is 7.99. The van der Waals surface area contributed by atoms with Crippen molar-refractivity contribution in [2.45, 2.75) is 75.2 Å². The molecule has 0 spiro atoms. The molecule has 0 radical (unpaired) electrons. The highest BCUT2D eigenvalue weighted by Crippen LogP contribution is 2.38. The number of amides is 3. The molecule has 0 saturated carbocycles. The molecule has 3 amide bonds. The Bertz CT molecular complexity index is 1410. The molecule has 1 aromatic heterocycles. The van der Waals surface area contributed by atoms with Crippen molar-refractivity contribution >= 4 is 40.6 Å². The molecule has 3 N–H and O–H groups in total. The minimum Gasteiger partial charge on any atom is -0.444 e. The summed E-state index contributed by atoms with van der Waals surface area (Å²) in [5.41, 5.74) is 3.75. The normalized spacial score (nSPS) is 15.7. The van der Waals surface area contributed by atoms with Gasteiger partial charge in [-0.15, -0.1) is 11.8 Å². The van der Waals surface area contributed by atoms with Crippen LogP contribution in [0.25, 0.3) is 10.9 Å².